The summed E-state index contributed by atoms with van der Waals surface area (Å²) >= 11 is 1.36. The van der Waals surface area contributed by atoms with Crippen molar-refractivity contribution < 1.29 is 9.59 Å². The van der Waals surface area contributed by atoms with Crippen molar-refractivity contribution in [3.8, 4) is 6.07 Å². The largest absolute Gasteiger partial charge is 0.339 e. The summed E-state index contributed by atoms with van der Waals surface area (Å²) < 4.78 is 0. The fourth-order valence-corrected chi connectivity index (χ4v) is 4.24. The fraction of sp³-hybridized carbons (Fsp3) is 0.409. The number of benzene rings is 1. The predicted molar refractivity (Wildman–Crippen MR) is 115 cm³/mol. The zero-order valence-electron chi connectivity index (χ0n) is 16.9. The number of hydrogen-bond acceptors (Lipinski definition) is 5. The molecular formula is C22H26N4O2S. The van der Waals surface area contributed by atoms with Crippen LogP contribution in [0, 0.1) is 11.3 Å². The lowest BCUT2D eigenvalue weighted by Crippen LogP contribution is -2.53. The number of amides is 2. The quantitative estimate of drug-likeness (QED) is 0.794. The highest BCUT2D eigenvalue weighted by molar-refractivity contribution is 7.14. The van der Waals surface area contributed by atoms with E-state index in [1.54, 1.807) is 11.4 Å². The Hall–Kier alpha value is -2.69. The zero-order valence-corrected chi connectivity index (χ0v) is 17.7. The highest BCUT2D eigenvalue weighted by atomic mass is 32.1. The van der Waals surface area contributed by atoms with Crippen LogP contribution in [-0.4, -0.2) is 54.3 Å². The van der Waals surface area contributed by atoms with Gasteiger partial charge in [0.15, 0.2) is 0 Å². The summed E-state index contributed by atoms with van der Waals surface area (Å²) in [5.74, 6) is 0.0514. The van der Waals surface area contributed by atoms with E-state index in [0.29, 0.717) is 36.6 Å². The number of anilines is 1. The molecule has 2 aromatic rings. The smallest absolute Gasteiger partial charge is 0.232 e. The number of rotatable bonds is 6. The monoisotopic (exact) mass is 410 g/mol. The normalized spacial score (nSPS) is 15.0. The third-order valence-electron chi connectivity index (χ3n) is 5.38. The summed E-state index contributed by atoms with van der Waals surface area (Å²) in [7, 11) is 0. The van der Waals surface area contributed by atoms with Crippen LogP contribution < -0.4 is 5.32 Å². The Balaban J connectivity index is 1.46. The van der Waals surface area contributed by atoms with Crippen LogP contribution in [0.5, 0.6) is 0 Å². The van der Waals surface area contributed by atoms with Crippen molar-refractivity contribution in [3.05, 3.63) is 52.9 Å². The Morgan fingerprint density at radius 3 is 2.48 bits per heavy atom. The van der Waals surface area contributed by atoms with Crippen molar-refractivity contribution in [1.29, 1.82) is 5.26 Å². The molecule has 29 heavy (non-hydrogen) atoms. The van der Waals surface area contributed by atoms with Gasteiger partial charge < -0.3 is 10.2 Å². The van der Waals surface area contributed by atoms with Gasteiger partial charge >= 0.3 is 0 Å². The average Bonchev–Trinajstić information content (AvgIpc) is 3.19. The van der Waals surface area contributed by atoms with Crippen LogP contribution in [-0.2, 0) is 15.0 Å². The highest BCUT2D eigenvalue weighted by Gasteiger charge is 2.35. The summed E-state index contributed by atoms with van der Waals surface area (Å²) in [4.78, 5) is 29.4. The molecule has 0 bridgehead atoms. The molecule has 1 fully saturated rings. The second kappa shape index (κ2) is 9.21. The van der Waals surface area contributed by atoms with Crippen LogP contribution in [0.4, 0.5) is 5.00 Å². The Labute approximate surface area is 175 Å². The summed E-state index contributed by atoms with van der Waals surface area (Å²) in [6.45, 7) is 7.44. The standard InChI is InChI=1S/C22H26N4O2S/c1-22(2,18-6-4-3-5-7-18)21(28)26-13-11-25(12-14-26)10-8-19(27)24-20-17(16-23)9-15-29-20/h3-7,9,15H,8,10-14H2,1-2H3,(H,24,27). The second-order valence-electron chi connectivity index (χ2n) is 7.70. The molecule has 6 nitrogen and oxygen atoms in total. The molecule has 0 saturated carbocycles. The fourth-order valence-electron chi connectivity index (χ4n) is 3.49. The van der Waals surface area contributed by atoms with Crippen molar-refractivity contribution in [2.24, 2.45) is 0 Å². The summed E-state index contributed by atoms with van der Waals surface area (Å²) in [5.41, 5.74) is 0.966. The van der Waals surface area contributed by atoms with Crippen LogP contribution in [0.2, 0.25) is 0 Å². The van der Waals surface area contributed by atoms with Gasteiger partial charge in [-0.25, -0.2) is 0 Å². The van der Waals surface area contributed by atoms with Crippen LogP contribution in [0.1, 0.15) is 31.4 Å². The van der Waals surface area contributed by atoms with E-state index in [2.05, 4.69) is 16.3 Å². The first-order valence-electron chi connectivity index (χ1n) is 9.76. The summed E-state index contributed by atoms with van der Waals surface area (Å²) in [6, 6.07) is 13.7. The minimum Gasteiger partial charge on any atom is -0.339 e. The third-order valence-corrected chi connectivity index (χ3v) is 6.21. The molecule has 0 radical (unpaired) electrons. The molecule has 0 atom stereocenters. The van der Waals surface area contributed by atoms with Crippen LogP contribution in [0.3, 0.4) is 0 Å². The SMILES string of the molecule is CC(C)(C(=O)N1CCN(CCC(=O)Nc2sccc2C#N)CC1)c1ccccc1. The second-order valence-corrected chi connectivity index (χ2v) is 8.61. The Morgan fingerprint density at radius 1 is 1.14 bits per heavy atom. The van der Waals surface area contributed by atoms with Gasteiger partial charge in [0, 0.05) is 39.1 Å². The van der Waals surface area contributed by atoms with Gasteiger partial charge in [-0.3, -0.25) is 14.5 Å². The van der Waals surface area contributed by atoms with Crippen molar-refractivity contribution in [2.45, 2.75) is 25.7 Å². The van der Waals surface area contributed by atoms with E-state index < -0.39 is 5.41 Å². The van der Waals surface area contributed by atoms with Crippen LogP contribution in [0.15, 0.2) is 41.8 Å². The van der Waals surface area contributed by atoms with Gasteiger partial charge in [-0.2, -0.15) is 5.26 Å². The topological polar surface area (TPSA) is 76.4 Å². The van der Waals surface area contributed by atoms with Gasteiger partial charge in [0.25, 0.3) is 0 Å². The first-order valence-corrected chi connectivity index (χ1v) is 10.6. The highest BCUT2D eigenvalue weighted by Crippen LogP contribution is 2.26. The Kier molecular flexibility index (Phi) is 6.68. The van der Waals surface area contributed by atoms with Gasteiger partial charge in [-0.15, -0.1) is 11.3 Å². The maximum absolute atomic E-state index is 13.0. The van der Waals surface area contributed by atoms with E-state index >= 15 is 0 Å². The number of thiophene rings is 1. The molecule has 1 aromatic carbocycles. The van der Waals surface area contributed by atoms with E-state index in [4.69, 9.17) is 5.26 Å². The Bertz CT molecular complexity index is 893. The van der Waals surface area contributed by atoms with Crippen molar-refractivity contribution in [2.75, 3.05) is 38.0 Å². The van der Waals surface area contributed by atoms with Crippen molar-refractivity contribution >= 4 is 28.2 Å². The number of nitriles is 1. The number of nitrogens with one attached hydrogen (secondary N) is 1. The molecule has 2 heterocycles. The number of carbonyl (C=O) groups excluding carboxylic acids is 2. The first-order chi connectivity index (χ1) is 13.9. The molecule has 1 aromatic heterocycles. The van der Waals surface area contributed by atoms with E-state index in [9.17, 15) is 9.59 Å². The lowest BCUT2D eigenvalue weighted by molar-refractivity contribution is -0.138. The minimum atomic E-state index is -0.553. The van der Waals surface area contributed by atoms with Crippen molar-refractivity contribution in [3.63, 3.8) is 0 Å². The molecule has 1 saturated heterocycles. The Morgan fingerprint density at radius 2 is 1.83 bits per heavy atom. The number of piperazine rings is 1. The summed E-state index contributed by atoms with van der Waals surface area (Å²) in [6.07, 6.45) is 0.367. The van der Waals surface area contributed by atoms with Crippen LogP contribution in [0.25, 0.3) is 0 Å². The molecule has 2 amide bonds. The van der Waals surface area contributed by atoms with E-state index in [1.165, 1.54) is 11.3 Å². The molecule has 7 heteroatoms. The van der Waals surface area contributed by atoms with Gasteiger partial charge in [-0.1, -0.05) is 30.3 Å². The molecule has 1 aliphatic heterocycles. The number of hydrogen-bond donors (Lipinski definition) is 1. The zero-order chi connectivity index (χ0) is 20.9. The molecule has 1 N–H and O–H groups in total. The van der Waals surface area contributed by atoms with Gasteiger partial charge in [-0.05, 0) is 30.9 Å². The molecular weight excluding hydrogens is 384 g/mol. The average molecular weight is 411 g/mol. The number of nitrogens with zero attached hydrogens (tertiary/aromatic N) is 3. The van der Waals surface area contributed by atoms with Gasteiger partial charge in [0.1, 0.15) is 11.1 Å². The van der Waals surface area contributed by atoms with E-state index in [1.807, 2.05) is 49.1 Å². The van der Waals surface area contributed by atoms with Gasteiger partial charge in [0.2, 0.25) is 11.8 Å². The molecule has 1 aliphatic rings. The molecule has 0 aliphatic carbocycles. The molecule has 152 valence electrons. The van der Waals surface area contributed by atoms with Gasteiger partial charge in [0.05, 0.1) is 11.0 Å². The van der Waals surface area contributed by atoms with Crippen LogP contribution >= 0.6 is 11.3 Å². The number of carbonyl (C=O) groups is 2. The predicted octanol–water partition coefficient (Wildman–Crippen LogP) is 3.07. The lowest BCUT2D eigenvalue weighted by atomic mass is 9.83. The molecule has 0 spiro atoms. The third kappa shape index (κ3) is 5.03. The molecule has 0 unspecified atom stereocenters. The molecule has 3 rings (SSSR count). The maximum atomic E-state index is 13.0. The van der Waals surface area contributed by atoms with Crippen molar-refractivity contribution in [1.82, 2.24) is 9.80 Å². The maximum Gasteiger partial charge on any atom is 0.232 e. The van der Waals surface area contributed by atoms with E-state index in [-0.39, 0.29) is 11.8 Å². The summed E-state index contributed by atoms with van der Waals surface area (Å²) in [5, 5.41) is 14.2. The lowest BCUT2D eigenvalue weighted by Gasteiger charge is -2.38. The minimum absolute atomic E-state index is 0.0901. The first kappa shape index (κ1) is 21.0. The van der Waals surface area contributed by atoms with E-state index in [0.717, 1.165) is 18.7 Å².